The fourth-order valence-electron chi connectivity index (χ4n) is 3.81. The van der Waals surface area contributed by atoms with Gasteiger partial charge in [-0.05, 0) is 36.4 Å². The number of rotatable bonds is 3. The van der Waals surface area contributed by atoms with Crippen LogP contribution in [0, 0.1) is 0 Å². The molecular weight excluding hydrogens is 352 g/mol. The van der Waals surface area contributed by atoms with E-state index in [1.54, 1.807) is 28.4 Å². The van der Waals surface area contributed by atoms with Gasteiger partial charge in [-0.25, -0.2) is 0 Å². The van der Waals surface area contributed by atoms with Crippen molar-refractivity contribution >= 4 is 23.2 Å². The van der Waals surface area contributed by atoms with Gasteiger partial charge in [0.25, 0.3) is 5.91 Å². The summed E-state index contributed by atoms with van der Waals surface area (Å²) in [5, 5.41) is 2.03. The molecule has 0 aromatic carbocycles. The fraction of sp³-hybridized carbons (Fsp3) is 0.474. The van der Waals surface area contributed by atoms with Crippen molar-refractivity contribution in [1.29, 1.82) is 0 Å². The second-order valence-corrected chi connectivity index (χ2v) is 7.68. The second-order valence-electron chi connectivity index (χ2n) is 6.73. The molecule has 0 bridgehead atoms. The average molecular weight is 374 g/mol. The van der Waals surface area contributed by atoms with Crippen LogP contribution in [0.5, 0.6) is 0 Å². The number of piperazine rings is 1. The molecule has 0 radical (unpaired) electrons. The number of carbonyl (C=O) groups is 2. The Kier molecular flexibility index (Phi) is 4.82. The van der Waals surface area contributed by atoms with E-state index in [9.17, 15) is 9.59 Å². The van der Waals surface area contributed by atoms with E-state index in [1.807, 2.05) is 16.3 Å². The van der Waals surface area contributed by atoms with Crippen LogP contribution in [0.2, 0.25) is 0 Å². The van der Waals surface area contributed by atoms with E-state index in [1.165, 1.54) is 6.26 Å². The molecule has 4 heterocycles. The van der Waals surface area contributed by atoms with Crippen LogP contribution in [0.3, 0.4) is 0 Å². The molecule has 0 unspecified atom stereocenters. The Morgan fingerprint density at radius 1 is 1.00 bits per heavy atom. The number of ether oxygens (including phenoxy) is 1. The molecule has 0 saturated carbocycles. The van der Waals surface area contributed by atoms with Crippen LogP contribution in [0.1, 0.15) is 28.3 Å². The van der Waals surface area contributed by atoms with Gasteiger partial charge < -0.3 is 19.0 Å². The lowest BCUT2D eigenvalue weighted by molar-refractivity contribution is -0.142. The molecule has 2 aliphatic heterocycles. The maximum atomic E-state index is 13.4. The highest BCUT2D eigenvalue weighted by Gasteiger charge is 2.45. The summed E-state index contributed by atoms with van der Waals surface area (Å²) in [7, 11) is 0. The number of thiophene rings is 1. The minimum absolute atomic E-state index is 0.110. The average Bonchev–Trinajstić information content (AvgIpc) is 3.41. The van der Waals surface area contributed by atoms with Crippen molar-refractivity contribution in [2.24, 2.45) is 0 Å². The number of nitrogens with zero attached hydrogens (tertiary/aromatic N) is 2. The van der Waals surface area contributed by atoms with E-state index in [0.29, 0.717) is 45.2 Å². The first-order chi connectivity index (χ1) is 12.7. The predicted octanol–water partition coefficient (Wildman–Crippen LogP) is 2.37. The SMILES string of the molecule is O=C(c1ccco1)N1CCN(C(=O)C2(c3cccs3)CCOCC2)CC1. The maximum absolute atomic E-state index is 13.4. The largest absolute Gasteiger partial charge is 0.459 e. The lowest BCUT2D eigenvalue weighted by atomic mass is 9.77. The third kappa shape index (κ3) is 3.05. The standard InChI is InChI=1S/C19H22N2O4S/c22-17(15-3-1-11-25-15)20-7-9-21(10-8-20)18(23)19(5-12-24-13-6-19)16-4-2-14-26-16/h1-4,11,14H,5-10,12-13H2. The zero-order valence-electron chi connectivity index (χ0n) is 14.6. The molecule has 2 saturated heterocycles. The Balaban J connectivity index is 1.46. The monoisotopic (exact) mass is 374 g/mol. The van der Waals surface area contributed by atoms with Gasteiger partial charge >= 0.3 is 0 Å². The van der Waals surface area contributed by atoms with E-state index in [2.05, 4.69) is 6.07 Å². The van der Waals surface area contributed by atoms with E-state index < -0.39 is 5.41 Å². The molecule has 26 heavy (non-hydrogen) atoms. The van der Waals surface area contributed by atoms with Crippen LogP contribution in [-0.2, 0) is 14.9 Å². The topological polar surface area (TPSA) is 63.0 Å². The van der Waals surface area contributed by atoms with Crippen molar-refractivity contribution in [1.82, 2.24) is 9.80 Å². The normalized spacial score (nSPS) is 20.2. The van der Waals surface area contributed by atoms with Gasteiger partial charge in [0.2, 0.25) is 5.91 Å². The minimum Gasteiger partial charge on any atom is -0.459 e. The quantitative estimate of drug-likeness (QED) is 0.828. The number of carbonyl (C=O) groups excluding carboxylic acids is 2. The van der Waals surface area contributed by atoms with Gasteiger partial charge in [0, 0.05) is 44.3 Å². The summed E-state index contributed by atoms with van der Waals surface area (Å²) in [6, 6.07) is 7.45. The molecule has 0 spiro atoms. The number of hydrogen-bond donors (Lipinski definition) is 0. The van der Waals surface area contributed by atoms with Gasteiger partial charge in [-0.2, -0.15) is 0 Å². The summed E-state index contributed by atoms with van der Waals surface area (Å²) in [4.78, 5) is 30.6. The first-order valence-corrected chi connectivity index (χ1v) is 9.82. The van der Waals surface area contributed by atoms with Crippen molar-refractivity contribution in [2.45, 2.75) is 18.3 Å². The van der Waals surface area contributed by atoms with Crippen molar-refractivity contribution in [3.8, 4) is 0 Å². The van der Waals surface area contributed by atoms with Crippen LogP contribution >= 0.6 is 11.3 Å². The van der Waals surface area contributed by atoms with Crippen LogP contribution < -0.4 is 0 Å². The van der Waals surface area contributed by atoms with E-state index in [0.717, 1.165) is 17.7 Å². The van der Waals surface area contributed by atoms with Crippen LogP contribution in [0.15, 0.2) is 40.3 Å². The van der Waals surface area contributed by atoms with Gasteiger partial charge in [-0.1, -0.05) is 6.07 Å². The molecule has 4 rings (SSSR count). The van der Waals surface area contributed by atoms with Gasteiger partial charge in [0.15, 0.2) is 5.76 Å². The Bertz CT molecular complexity index is 743. The molecule has 0 atom stereocenters. The number of furan rings is 1. The Hall–Kier alpha value is -2.12. The first-order valence-electron chi connectivity index (χ1n) is 8.95. The molecular formula is C19H22N2O4S. The zero-order valence-corrected chi connectivity index (χ0v) is 15.4. The summed E-state index contributed by atoms with van der Waals surface area (Å²) in [6.45, 7) is 3.39. The lowest BCUT2D eigenvalue weighted by Gasteiger charge is -2.42. The third-order valence-electron chi connectivity index (χ3n) is 5.33. The van der Waals surface area contributed by atoms with Crippen molar-refractivity contribution in [3.05, 3.63) is 46.5 Å². The first kappa shape index (κ1) is 17.3. The third-order valence-corrected chi connectivity index (χ3v) is 6.41. The predicted molar refractivity (Wildman–Crippen MR) is 97.2 cm³/mol. The van der Waals surface area contributed by atoms with Gasteiger partial charge in [-0.3, -0.25) is 9.59 Å². The molecule has 7 heteroatoms. The highest BCUT2D eigenvalue weighted by atomic mass is 32.1. The molecule has 2 fully saturated rings. The van der Waals surface area contributed by atoms with E-state index in [4.69, 9.17) is 9.15 Å². The highest BCUT2D eigenvalue weighted by molar-refractivity contribution is 7.10. The van der Waals surface area contributed by atoms with Crippen LogP contribution in [0.4, 0.5) is 0 Å². The molecule has 2 amide bonds. The van der Waals surface area contributed by atoms with Gasteiger partial charge in [-0.15, -0.1) is 11.3 Å². The molecule has 6 nitrogen and oxygen atoms in total. The summed E-state index contributed by atoms with van der Waals surface area (Å²) in [5.74, 6) is 0.416. The Morgan fingerprint density at radius 3 is 2.35 bits per heavy atom. The second kappa shape index (κ2) is 7.25. The zero-order chi connectivity index (χ0) is 18.0. The Morgan fingerprint density at radius 2 is 1.73 bits per heavy atom. The fourth-order valence-corrected chi connectivity index (χ4v) is 4.79. The summed E-state index contributed by atoms with van der Waals surface area (Å²) < 4.78 is 10.7. The molecule has 0 N–H and O–H groups in total. The van der Waals surface area contributed by atoms with E-state index in [-0.39, 0.29) is 11.8 Å². The molecule has 0 aliphatic carbocycles. The lowest BCUT2D eigenvalue weighted by Crippen LogP contribution is -2.56. The summed E-state index contributed by atoms with van der Waals surface area (Å²) >= 11 is 1.64. The van der Waals surface area contributed by atoms with Gasteiger partial charge in [0.05, 0.1) is 11.7 Å². The number of hydrogen-bond acceptors (Lipinski definition) is 5. The van der Waals surface area contributed by atoms with Crippen molar-refractivity contribution in [2.75, 3.05) is 39.4 Å². The van der Waals surface area contributed by atoms with Gasteiger partial charge in [0.1, 0.15) is 0 Å². The highest BCUT2D eigenvalue weighted by Crippen LogP contribution is 2.39. The van der Waals surface area contributed by atoms with Crippen LogP contribution in [0.25, 0.3) is 0 Å². The smallest absolute Gasteiger partial charge is 0.289 e. The summed E-state index contributed by atoms with van der Waals surface area (Å²) in [5.41, 5.74) is -0.473. The maximum Gasteiger partial charge on any atom is 0.289 e. The Labute approximate surface area is 156 Å². The molecule has 2 aromatic rings. The molecule has 2 aliphatic rings. The number of amides is 2. The van der Waals surface area contributed by atoms with E-state index >= 15 is 0 Å². The molecule has 2 aromatic heterocycles. The van der Waals surface area contributed by atoms with Crippen LogP contribution in [-0.4, -0.2) is 61.0 Å². The summed E-state index contributed by atoms with van der Waals surface area (Å²) in [6.07, 6.45) is 2.94. The van der Waals surface area contributed by atoms with Crippen molar-refractivity contribution < 1.29 is 18.7 Å². The van der Waals surface area contributed by atoms with Crippen molar-refractivity contribution in [3.63, 3.8) is 0 Å². The minimum atomic E-state index is -0.473. The molecule has 138 valence electrons.